The van der Waals surface area contributed by atoms with Crippen LogP contribution in [0.25, 0.3) is 0 Å². The minimum absolute atomic E-state index is 0.0429. The Balaban J connectivity index is 1.73. The molecule has 4 fully saturated rings. The van der Waals surface area contributed by atoms with Crippen LogP contribution in [0.1, 0.15) is 31.7 Å². The lowest BCUT2D eigenvalue weighted by Gasteiger charge is -2.46. The molecule has 3 unspecified atom stereocenters. The van der Waals surface area contributed by atoms with Crippen molar-refractivity contribution < 1.29 is 22.8 Å². The fourth-order valence-electron chi connectivity index (χ4n) is 5.05. The number of halogens is 3. The van der Waals surface area contributed by atoms with Crippen molar-refractivity contribution in [1.82, 2.24) is 0 Å². The van der Waals surface area contributed by atoms with Gasteiger partial charge in [-0.05, 0) is 55.2 Å². The predicted octanol–water partition coefficient (Wildman–Crippen LogP) is 3.88. The summed E-state index contributed by atoms with van der Waals surface area (Å²) >= 11 is 0. The van der Waals surface area contributed by atoms with Crippen molar-refractivity contribution in [2.75, 3.05) is 4.90 Å². The number of alkyl halides is 3. The van der Waals surface area contributed by atoms with Gasteiger partial charge in [-0.15, -0.1) is 0 Å². The largest absolute Gasteiger partial charge is 0.416 e. The molecule has 6 heteroatoms. The van der Waals surface area contributed by atoms with Gasteiger partial charge in [0.2, 0.25) is 11.8 Å². The van der Waals surface area contributed by atoms with Crippen LogP contribution in [0.15, 0.2) is 24.3 Å². The second-order valence-corrected chi connectivity index (χ2v) is 7.33. The van der Waals surface area contributed by atoms with Crippen LogP contribution in [0.5, 0.6) is 0 Å². The average molecular weight is 337 g/mol. The van der Waals surface area contributed by atoms with Crippen LogP contribution in [0.4, 0.5) is 18.9 Å². The normalized spacial score (nSPS) is 35.5. The molecule has 3 saturated carbocycles. The van der Waals surface area contributed by atoms with Crippen molar-refractivity contribution in [3.63, 3.8) is 0 Å². The number of imide groups is 1. The molecule has 5 rings (SSSR count). The lowest BCUT2D eigenvalue weighted by atomic mass is 9.56. The monoisotopic (exact) mass is 337 g/mol. The number of rotatable bonds is 1. The van der Waals surface area contributed by atoms with Crippen LogP contribution in [-0.2, 0) is 15.8 Å². The highest BCUT2D eigenvalue weighted by Crippen LogP contribution is 2.55. The Kier molecular flexibility index (Phi) is 3.31. The van der Waals surface area contributed by atoms with Crippen LogP contribution in [0.2, 0.25) is 0 Å². The molecule has 3 aliphatic carbocycles. The van der Waals surface area contributed by atoms with Gasteiger partial charge in [-0.1, -0.05) is 13.0 Å². The number of nitrogens with zero attached hydrogens (tertiary/aromatic N) is 1. The van der Waals surface area contributed by atoms with Gasteiger partial charge in [-0.3, -0.25) is 14.5 Å². The van der Waals surface area contributed by atoms with Crippen LogP contribution in [0.3, 0.4) is 0 Å². The van der Waals surface area contributed by atoms with Gasteiger partial charge in [-0.2, -0.15) is 13.2 Å². The standard InChI is InChI=1S/C18H18F3NO2/c1-9-7-10-5-6-13(9)15-14(10)16(23)22(17(15)24)12-4-2-3-11(8-12)18(19,20)21/h2-4,8-10,13-15H,5-7H2,1H3/t9?,10?,13?,14-,15+/m0/s1. The first kappa shape index (κ1) is 15.7. The smallest absolute Gasteiger partial charge is 0.274 e. The molecule has 1 heterocycles. The first-order valence-electron chi connectivity index (χ1n) is 8.34. The summed E-state index contributed by atoms with van der Waals surface area (Å²) in [5.41, 5.74) is -0.798. The number of amides is 2. The highest BCUT2D eigenvalue weighted by atomic mass is 19.4. The van der Waals surface area contributed by atoms with Gasteiger partial charge in [0.25, 0.3) is 0 Å². The molecule has 0 spiro atoms. The molecule has 2 amide bonds. The van der Waals surface area contributed by atoms with Crippen LogP contribution < -0.4 is 4.90 Å². The maximum atomic E-state index is 12.9. The van der Waals surface area contributed by atoms with Crippen molar-refractivity contribution in [2.24, 2.45) is 29.6 Å². The van der Waals surface area contributed by atoms with E-state index in [-0.39, 0.29) is 41.2 Å². The zero-order chi connectivity index (χ0) is 17.2. The lowest BCUT2D eigenvalue weighted by Crippen LogP contribution is -2.45. The maximum absolute atomic E-state index is 12.9. The quantitative estimate of drug-likeness (QED) is 0.730. The SMILES string of the molecule is CC1CC2CCC1[C@H]1C(=O)N(c3cccc(C(F)(F)F)c3)C(=O)[C@@H]21. The van der Waals surface area contributed by atoms with Gasteiger partial charge in [-0.25, -0.2) is 0 Å². The molecule has 24 heavy (non-hydrogen) atoms. The summed E-state index contributed by atoms with van der Waals surface area (Å²) in [4.78, 5) is 26.7. The topological polar surface area (TPSA) is 37.4 Å². The van der Waals surface area contributed by atoms with Gasteiger partial charge in [0, 0.05) is 0 Å². The molecule has 128 valence electrons. The molecule has 1 aromatic rings. The van der Waals surface area contributed by atoms with E-state index in [9.17, 15) is 22.8 Å². The van der Waals surface area contributed by atoms with E-state index in [0.717, 1.165) is 36.3 Å². The number of benzene rings is 1. The molecule has 1 aromatic carbocycles. The van der Waals surface area contributed by atoms with E-state index in [4.69, 9.17) is 0 Å². The molecule has 0 aromatic heterocycles. The molecule has 5 atom stereocenters. The van der Waals surface area contributed by atoms with E-state index >= 15 is 0 Å². The Morgan fingerprint density at radius 2 is 1.79 bits per heavy atom. The number of hydrogen-bond donors (Lipinski definition) is 0. The zero-order valence-corrected chi connectivity index (χ0v) is 13.2. The second-order valence-electron chi connectivity index (χ2n) is 7.33. The minimum atomic E-state index is -4.50. The fraction of sp³-hybridized carbons (Fsp3) is 0.556. The fourth-order valence-corrected chi connectivity index (χ4v) is 5.05. The molecule has 3 nitrogen and oxygen atoms in total. The first-order chi connectivity index (χ1) is 11.3. The van der Waals surface area contributed by atoms with E-state index in [1.807, 2.05) is 0 Å². The number of anilines is 1. The number of fused-ring (bicyclic) bond motifs is 2. The molecule has 0 radical (unpaired) electrons. The molecule has 2 bridgehead atoms. The molecular weight excluding hydrogens is 319 g/mol. The summed E-state index contributed by atoms with van der Waals surface area (Å²) < 4.78 is 38.8. The summed E-state index contributed by atoms with van der Waals surface area (Å²) in [6.45, 7) is 2.11. The Bertz CT molecular complexity index is 714. The molecule has 0 N–H and O–H groups in total. The van der Waals surface area contributed by atoms with Crippen molar-refractivity contribution in [2.45, 2.75) is 32.4 Å². The summed E-state index contributed by atoms with van der Waals surface area (Å²) in [6.07, 6.45) is -1.70. The highest BCUT2D eigenvalue weighted by Gasteiger charge is 2.60. The van der Waals surface area contributed by atoms with E-state index in [1.54, 1.807) is 0 Å². The third-order valence-electron chi connectivity index (χ3n) is 6.08. The van der Waals surface area contributed by atoms with Crippen LogP contribution in [-0.4, -0.2) is 11.8 Å². The van der Waals surface area contributed by atoms with Gasteiger partial charge in [0.15, 0.2) is 0 Å². The van der Waals surface area contributed by atoms with E-state index in [0.29, 0.717) is 5.92 Å². The van der Waals surface area contributed by atoms with Crippen molar-refractivity contribution >= 4 is 17.5 Å². The summed E-state index contributed by atoms with van der Waals surface area (Å²) in [5.74, 6) is -0.578. The van der Waals surface area contributed by atoms with Gasteiger partial charge < -0.3 is 0 Å². The molecule has 1 saturated heterocycles. The number of carbonyl (C=O) groups is 2. The van der Waals surface area contributed by atoms with E-state index in [1.165, 1.54) is 12.1 Å². The maximum Gasteiger partial charge on any atom is 0.416 e. The predicted molar refractivity (Wildman–Crippen MR) is 80.9 cm³/mol. The second kappa shape index (κ2) is 5.07. The zero-order valence-electron chi connectivity index (χ0n) is 13.2. The Morgan fingerprint density at radius 1 is 1.08 bits per heavy atom. The highest BCUT2D eigenvalue weighted by molar-refractivity contribution is 6.22. The lowest BCUT2D eigenvalue weighted by molar-refractivity contribution is -0.137. The van der Waals surface area contributed by atoms with Gasteiger partial charge in [0.1, 0.15) is 0 Å². The van der Waals surface area contributed by atoms with Crippen LogP contribution >= 0.6 is 0 Å². The first-order valence-corrected chi connectivity index (χ1v) is 8.34. The van der Waals surface area contributed by atoms with E-state index < -0.39 is 11.7 Å². The number of carbonyl (C=O) groups excluding carboxylic acids is 2. The van der Waals surface area contributed by atoms with Crippen molar-refractivity contribution in [3.05, 3.63) is 29.8 Å². The van der Waals surface area contributed by atoms with Gasteiger partial charge >= 0.3 is 6.18 Å². The third-order valence-corrected chi connectivity index (χ3v) is 6.08. The molecular formula is C18H18F3NO2. The molecule has 4 aliphatic rings. The van der Waals surface area contributed by atoms with Crippen molar-refractivity contribution in [1.29, 1.82) is 0 Å². The summed E-state index contributed by atoms with van der Waals surface area (Å²) in [7, 11) is 0. The summed E-state index contributed by atoms with van der Waals surface area (Å²) in [6, 6.07) is 4.51. The van der Waals surface area contributed by atoms with Gasteiger partial charge in [0.05, 0.1) is 23.1 Å². The molecule has 1 aliphatic heterocycles. The third kappa shape index (κ3) is 2.11. The van der Waals surface area contributed by atoms with Crippen LogP contribution in [0, 0.1) is 29.6 Å². The Morgan fingerprint density at radius 3 is 2.46 bits per heavy atom. The Hall–Kier alpha value is -1.85. The number of hydrogen-bond acceptors (Lipinski definition) is 2. The Labute approximate surface area is 137 Å². The van der Waals surface area contributed by atoms with Crippen molar-refractivity contribution in [3.8, 4) is 0 Å². The summed E-state index contributed by atoms with van der Waals surface area (Å²) in [5, 5.41) is 0. The van der Waals surface area contributed by atoms with E-state index in [2.05, 4.69) is 6.92 Å². The average Bonchev–Trinajstić information content (AvgIpc) is 2.80. The minimum Gasteiger partial charge on any atom is -0.274 e.